The summed E-state index contributed by atoms with van der Waals surface area (Å²) < 4.78 is 29.4. The molecule has 0 aliphatic rings. The van der Waals surface area contributed by atoms with Gasteiger partial charge in [-0.3, -0.25) is 0 Å². The van der Waals surface area contributed by atoms with E-state index in [1.165, 1.54) is 25.1 Å². The number of rotatable bonds is 6. The Morgan fingerprint density at radius 2 is 2.24 bits per heavy atom. The maximum atomic E-state index is 12.3. The molecular formula is C9H15F2N5O. The molecule has 1 aromatic heterocycles. The number of halogens is 2. The van der Waals surface area contributed by atoms with Gasteiger partial charge < -0.3 is 15.1 Å². The normalized spacial score (nSPS) is 10.7. The zero-order chi connectivity index (χ0) is 12.8. The molecule has 1 rings (SSSR count). The predicted octanol–water partition coefficient (Wildman–Crippen LogP) is 0.610. The molecule has 0 unspecified atom stereocenters. The number of ether oxygens (including phenoxy) is 1. The summed E-state index contributed by atoms with van der Waals surface area (Å²) >= 11 is 0. The number of methoxy groups -OCH3 is 1. The minimum atomic E-state index is -2.44. The third kappa shape index (κ3) is 4.08. The standard InChI is InChI=1S/C9H15F2N5O/c1-16(4-6(10)11)9-3-7(15-12)13-8(14-9)5-17-2/h3,6H,4-5,12H2,1-2H3,(H,13,14,15). The van der Waals surface area contributed by atoms with E-state index in [4.69, 9.17) is 10.6 Å². The first kappa shape index (κ1) is 13.5. The molecule has 0 spiro atoms. The van der Waals surface area contributed by atoms with Crippen molar-refractivity contribution in [3.8, 4) is 0 Å². The number of hydrazine groups is 1. The van der Waals surface area contributed by atoms with Crippen molar-refractivity contribution >= 4 is 11.6 Å². The first-order valence-corrected chi connectivity index (χ1v) is 4.89. The Morgan fingerprint density at radius 1 is 1.53 bits per heavy atom. The van der Waals surface area contributed by atoms with E-state index in [1.54, 1.807) is 0 Å². The number of alkyl halides is 2. The molecule has 8 heteroatoms. The molecule has 3 N–H and O–H groups in total. The summed E-state index contributed by atoms with van der Waals surface area (Å²) in [6.45, 7) is -0.224. The van der Waals surface area contributed by atoms with E-state index in [1.807, 2.05) is 0 Å². The highest BCUT2D eigenvalue weighted by atomic mass is 19.3. The topological polar surface area (TPSA) is 76.3 Å². The van der Waals surface area contributed by atoms with Gasteiger partial charge in [-0.05, 0) is 0 Å². The molecule has 0 aliphatic heterocycles. The molecule has 0 saturated carbocycles. The van der Waals surface area contributed by atoms with Crippen LogP contribution in [0.5, 0.6) is 0 Å². The average molecular weight is 247 g/mol. The van der Waals surface area contributed by atoms with Crippen LogP contribution in [0.3, 0.4) is 0 Å². The molecule has 0 aromatic carbocycles. The maximum absolute atomic E-state index is 12.3. The number of hydrogen-bond donors (Lipinski definition) is 2. The predicted molar refractivity (Wildman–Crippen MR) is 59.8 cm³/mol. The highest BCUT2D eigenvalue weighted by Gasteiger charge is 2.12. The summed E-state index contributed by atoms with van der Waals surface area (Å²) in [7, 11) is 3.01. The van der Waals surface area contributed by atoms with Crippen LogP contribution < -0.4 is 16.2 Å². The summed E-state index contributed by atoms with van der Waals surface area (Å²) in [5, 5.41) is 0. The minimum absolute atomic E-state index is 0.186. The van der Waals surface area contributed by atoms with Crippen molar-refractivity contribution < 1.29 is 13.5 Å². The molecule has 0 fully saturated rings. The third-order valence-electron chi connectivity index (χ3n) is 1.98. The summed E-state index contributed by atoms with van der Waals surface area (Å²) in [6, 6.07) is 1.49. The molecule has 96 valence electrons. The maximum Gasteiger partial charge on any atom is 0.255 e. The molecule has 17 heavy (non-hydrogen) atoms. The van der Waals surface area contributed by atoms with Crippen molar-refractivity contribution in [2.75, 3.05) is 31.0 Å². The lowest BCUT2D eigenvalue weighted by molar-refractivity contribution is 0.156. The molecule has 0 atom stereocenters. The molecule has 0 amide bonds. The third-order valence-corrected chi connectivity index (χ3v) is 1.98. The molecule has 6 nitrogen and oxygen atoms in total. The lowest BCUT2D eigenvalue weighted by Crippen LogP contribution is -2.26. The number of nitrogens with zero attached hydrogens (tertiary/aromatic N) is 3. The fraction of sp³-hybridized carbons (Fsp3) is 0.556. The van der Waals surface area contributed by atoms with Crippen molar-refractivity contribution in [1.82, 2.24) is 9.97 Å². The molecule has 1 heterocycles. The number of hydrogen-bond acceptors (Lipinski definition) is 6. The zero-order valence-electron chi connectivity index (χ0n) is 9.65. The van der Waals surface area contributed by atoms with Crippen LogP contribution in [0.25, 0.3) is 0 Å². The van der Waals surface area contributed by atoms with Crippen molar-refractivity contribution in [1.29, 1.82) is 0 Å². The van der Waals surface area contributed by atoms with E-state index in [0.29, 0.717) is 17.5 Å². The lowest BCUT2D eigenvalue weighted by Gasteiger charge is -2.18. The molecule has 0 aliphatic carbocycles. The Hall–Kier alpha value is -1.54. The summed E-state index contributed by atoms with van der Waals surface area (Å²) in [6.07, 6.45) is -2.44. The molecule has 0 bridgehead atoms. The average Bonchev–Trinajstić information content (AvgIpc) is 2.28. The molecule has 1 aromatic rings. The van der Waals surface area contributed by atoms with Crippen LogP contribution in [0, 0.1) is 0 Å². The fourth-order valence-electron chi connectivity index (χ4n) is 1.25. The van der Waals surface area contributed by atoms with E-state index >= 15 is 0 Å². The lowest BCUT2D eigenvalue weighted by atomic mass is 10.4. The summed E-state index contributed by atoms with van der Waals surface area (Å²) in [5.41, 5.74) is 2.35. The van der Waals surface area contributed by atoms with E-state index < -0.39 is 13.0 Å². The number of anilines is 2. The Balaban J connectivity index is 2.93. The number of nitrogens with one attached hydrogen (secondary N) is 1. The van der Waals surface area contributed by atoms with Crippen LogP contribution in [0.4, 0.5) is 20.4 Å². The second-order valence-electron chi connectivity index (χ2n) is 3.38. The van der Waals surface area contributed by atoms with E-state index in [-0.39, 0.29) is 6.61 Å². The van der Waals surface area contributed by atoms with Gasteiger partial charge in [0.15, 0.2) is 5.82 Å². The largest absolute Gasteiger partial charge is 0.377 e. The SMILES string of the molecule is COCc1nc(NN)cc(N(C)CC(F)F)n1. The number of aromatic nitrogens is 2. The molecular weight excluding hydrogens is 232 g/mol. The second kappa shape index (κ2) is 6.26. The number of nitrogen functional groups attached to an aromatic ring is 1. The monoisotopic (exact) mass is 247 g/mol. The van der Waals surface area contributed by atoms with Crippen molar-refractivity contribution in [3.63, 3.8) is 0 Å². The highest BCUT2D eigenvalue weighted by molar-refractivity contribution is 5.48. The van der Waals surface area contributed by atoms with Gasteiger partial charge >= 0.3 is 0 Å². The van der Waals surface area contributed by atoms with Gasteiger partial charge in [0, 0.05) is 20.2 Å². The van der Waals surface area contributed by atoms with E-state index in [9.17, 15) is 8.78 Å². The van der Waals surface area contributed by atoms with Gasteiger partial charge in [-0.1, -0.05) is 0 Å². The van der Waals surface area contributed by atoms with Crippen LogP contribution in [0.1, 0.15) is 5.82 Å². The summed E-state index contributed by atoms with van der Waals surface area (Å²) in [4.78, 5) is 9.43. The van der Waals surface area contributed by atoms with Crippen LogP contribution >= 0.6 is 0 Å². The van der Waals surface area contributed by atoms with Gasteiger partial charge in [0.05, 0.1) is 6.54 Å². The minimum Gasteiger partial charge on any atom is -0.377 e. The summed E-state index contributed by atoms with van der Waals surface area (Å²) in [5.74, 6) is 6.32. The smallest absolute Gasteiger partial charge is 0.255 e. The van der Waals surface area contributed by atoms with Gasteiger partial charge in [-0.25, -0.2) is 24.6 Å². The Kier molecular flexibility index (Phi) is 4.98. The van der Waals surface area contributed by atoms with Gasteiger partial charge in [0.1, 0.15) is 18.2 Å². The molecule has 0 saturated heterocycles. The van der Waals surface area contributed by atoms with E-state index in [2.05, 4.69) is 15.4 Å². The first-order chi connectivity index (χ1) is 8.06. The fourth-order valence-corrected chi connectivity index (χ4v) is 1.25. The van der Waals surface area contributed by atoms with Crippen molar-refractivity contribution in [2.45, 2.75) is 13.0 Å². The van der Waals surface area contributed by atoms with Crippen LogP contribution in [-0.2, 0) is 11.3 Å². The Labute approximate surface area is 97.8 Å². The van der Waals surface area contributed by atoms with E-state index in [0.717, 1.165) is 0 Å². The van der Waals surface area contributed by atoms with Gasteiger partial charge in [-0.2, -0.15) is 0 Å². The van der Waals surface area contributed by atoms with Crippen molar-refractivity contribution in [2.24, 2.45) is 5.84 Å². The first-order valence-electron chi connectivity index (χ1n) is 4.89. The van der Waals surface area contributed by atoms with Gasteiger partial charge in [0.25, 0.3) is 6.43 Å². The highest BCUT2D eigenvalue weighted by Crippen LogP contribution is 2.15. The van der Waals surface area contributed by atoms with Crippen LogP contribution in [-0.4, -0.2) is 37.1 Å². The van der Waals surface area contributed by atoms with Crippen molar-refractivity contribution in [3.05, 3.63) is 11.9 Å². The Bertz CT molecular complexity index is 363. The van der Waals surface area contributed by atoms with Crippen LogP contribution in [0.15, 0.2) is 6.07 Å². The zero-order valence-corrected chi connectivity index (χ0v) is 9.65. The van der Waals surface area contributed by atoms with Gasteiger partial charge in [0.2, 0.25) is 0 Å². The Morgan fingerprint density at radius 3 is 2.76 bits per heavy atom. The number of nitrogens with two attached hydrogens (primary N) is 1. The van der Waals surface area contributed by atoms with Crippen LogP contribution in [0.2, 0.25) is 0 Å². The quantitative estimate of drug-likeness (QED) is 0.566. The molecule has 0 radical (unpaired) electrons. The van der Waals surface area contributed by atoms with Gasteiger partial charge in [-0.15, -0.1) is 0 Å². The second-order valence-corrected chi connectivity index (χ2v) is 3.38.